The van der Waals surface area contributed by atoms with Crippen LogP contribution >= 0.6 is 0 Å². The number of carboxylic acids is 1. The third-order valence-corrected chi connectivity index (χ3v) is 4.76. The van der Waals surface area contributed by atoms with Gasteiger partial charge in [-0.2, -0.15) is 0 Å². The van der Waals surface area contributed by atoms with Gasteiger partial charge in [-0.1, -0.05) is 13.8 Å². The lowest BCUT2D eigenvalue weighted by atomic mass is 9.76. The van der Waals surface area contributed by atoms with E-state index in [1.807, 2.05) is 13.8 Å². The molecule has 23 heavy (non-hydrogen) atoms. The summed E-state index contributed by atoms with van der Waals surface area (Å²) in [7, 11) is 3.03. The Morgan fingerprint density at radius 2 is 1.96 bits per heavy atom. The van der Waals surface area contributed by atoms with Gasteiger partial charge >= 0.3 is 5.97 Å². The van der Waals surface area contributed by atoms with Crippen LogP contribution in [0, 0.1) is 11.3 Å². The molecule has 6 nitrogen and oxygen atoms in total. The molecule has 0 aromatic heterocycles. The Morgan fingerprint density at radius 1 is 1.26 bits per heavy atom. The molecule has 1 fully saturated rings. The summed E-state index contributed by atoms with van der Waals surface area (Å²) in [6.07, 6.45) is 0.456. The van der Waals surface area contributed by atoms with Crippen LogP contribution in [-0.2, 0) is 4.79 Å². The number of likely N-dealkylation sites (tertiary alicyclic amines) is 1. The van der Waals surface area contributed by atoms with Gasteiger partial charge in [0.05, 0.1) is 25.2 Å². The summed E-state index contributed by atoms with van der Waals surface area (Å²) in [5.41, 5.74) is -0.501. The molecule has 0 aliphatic carbocycles. The second-order valence-corrected chi connectivity index (χ2v) is 6.16. The van der Waals surface area contributed by atoms with Gasteiger partial charge in [0.2, 0.25) is 0 Å². The zero-order valence-electron chi connectivity index (χ0n) is 14.0. The number of carboxylic acid groups (broad SMARTS) is 1. The standard InChI is InChI=1S/C17H23NO5/c1-11(2)17(16(20)21)7-8-18(10-17)15(19)13-9-12(22-3)5-6-14(13)23-4/h5-6,9,11H,7-8,10H2,1-4H3,(H,20,21). The van der Waals surface area contributed by atoms with Crippen LogP contribution in [0.15, 0.2) is 18.2 Å². The Bertz CT molecular complexity index is 613. The minimum atomic E-state index is -0.887. The molecule has 1 unspecified atom stereocenters. The SMILES string of the molecule is COc1ccc(OC)c(C(=O)N2CCC(C(=O)O)(C(C)C)C2)c1. The maximum atomic E-state index is 12.8. The highest BCUT2D eigenvalue weighted by Crippen LogP contribution is 2.39. The van der Waals surface area contributed by atoms with E-state index in [0.29, 0.717) is 30.0 Å². The lowest BCUT2D eigenvalue weighted by Gasteiger charge is -2.28. The number of nitrogens with zero attached hydrogens (tertiary/aromatic N) is 1. The van der Waals surface area contributed by atoms with E-state index < -0.39 is 11.4 Å². The number of amides is 1. The first-order chi connectivity index (χ1) is 10.9. The Hall–Kier alpha value is -2.24. The number of aliphatic carboxylic acids is 1. The van der Waals surface area contributed by atoms with Gasteiger partial charge in [-0.15, -0.1) is 0 Å². The van der Waals surface area contributed by atoms with Crippen LogP contribution in [0.2, 0.25) is 0 Å². The van der Waals surface area contributed by atoms with Crippen LogP contribution in [0.5, 0.6) is 11.5 Å². The Kier molecular flexibility index (Phi) is 4.82. The van der Waals surface area contributed by atoms with Gasteiger partial charge in [0, 0.05) is 13.1 Å². The number of hydrogen-bond donors (Lipinski definition) is 1. The monoisotopic (exact) mass is 321 g/mol. The van der Waals surface area contributed by atoms with E-state index in [1.165, 1.54) is 14.2 Å². The van der Waals surface area contributed by atoms with Gasteiger partial charge in [0.25, 0.3) is 5.91 Å². The van der Waals surface area contributed by atoms with Crippen molar-refractivity contribution in [1.29, 1.82) is 0 Å². The first-order valence-corrected chi connectivity index (χ1v) is 7.60. The smallest absolute Gasteiger partial charge is 0.311 e. The van der Waals surface area contributed by atoms with Crippen LogP contribution < -0.4 is 9.47 Å². The van der Waals surface area contributed by atoms with E-state index in [2.05, 4.69) is 0 Å². The quantitative estimate of drug-likeness (QED) is 0.900. The second-order valence-electron chi connectivity index (χ2n) is 6.16. The molecular formula is C17H23NO5. The van der Waals surface area contributed by atoms with Gasteiger partial charge in [-0.25, -0.2) is 0 Å². The zero-order valence-corrected chi connectivity index (χ0v) is 14.0. The summed E-state index contributed by atoms with van der Waals surface area (Å²) < 4.78 is 10.4. The number of hydrogen-bond acceptors (Lipinski definition) is 4. The third-order valence-electron chi connectivity index (χ3n) is 4.76. The molecule has 1 aliphatic rings. The highest BCUT2D eigenvalue weighted by Gasteiger charge is 2.48. The van der Waals surface area contributed by atoms with Crippen molar-refractivity contribution in [3.05, 3.63) is 23.8 Å². The normalized spacial score (nSPS) is 20.7. The summed E-state index contributed by atoms with van der Waals surface area (Å²) >= 11 is 0. The molecule has 0 saturated carbocycles. The Morgan fingerprint density at radius 3 is 2.43 bits per heavy atom. The minimum Gasteiger partial charge on any atom is -0.497 e. The number of rotatable bonds is 5. The zero-order chi connectivity index (χ0) is 17.2. The van der Waals surface area contributed by atoms with Crippen LogP contribution in [0.3, 0.4) is 0 Å². The van der Waals surface area contributed by atoms with Crippen LogP contribution in [0.1, 0.15) is 30.6 Å². The maximum Gasteiger partial charge on any atom is 0.311 e. The Labute approximate surface area is 136 Å². The van der Waals surface area contributed by atoms with Crippen molar-refractivity contribution in [3.63, 3.8) is 0 Å². The van der Waals surface area contributed by atoms with E-state index in [0.717, 1.165) is 0 Å². The molecular weight excluding hydrogens is 298 g/mol. The van der Waals surface area contributed by atoms with Gasteiger partial charge < -0.3 is 19.5 Å². The molecule has 1 amide bonds. The number of methoxy groups -OCH3 is 2. The summed E-state index contributed by atoms with van der Waals surface area (Å²) in [6, 6.07) is 5.02. The summed E-state index contributed by atoms with van der Waals surface area (Å²) in [6.45, 7) is 4.39. The molecule has 1 aromatic carbocycles. The van der Waals surface area contributed by atoms with E-state index in [1.54, 1.807) is 23.1 Å². The minimum absolute atomic E-state index is 0.0509. The van der Waals surface area contributed by atoms with Gasteiger partial charge in [0.1, 0.15) is 11.5 Å². The second kappa shape index (κ2) is 6.48. The van der Waals surface area contributed by atoms with E-state index in [9.17, 15) is 14.7 Å². The predicted octanol–water partition coefficient (Wildman–Crippen LogP) is 2.28. The molecule has 0 bridgehead atoms. The maximum absolute atomic E-state index is 12.8. The van der Waals surface area contributed by atoms with Crippen LogP contribution in [0.4, 0.5) is 0 Å². The number of carbonyl (C=O) groups excluding carboxylic acids is 1. The van der Waals surface area contributed by atoms with Crippen LogP contribution in [-0.4, -0.2) is 49.2 Å². The van der Waals surface area contributed by atoms with E-state index in [4.69, 9.17) is 9.47 Å². The van der Waals surface area contributed by atoms with Gasteiger partial charge in [0.15, 0.2) is 0 Å². The average Bonchev–Trinajstić information content (AvgIpc) is 3.00. The lowest BCUT2D eigenvalue weighted by molar-refractivity contribution is -0.150. The topological polar surface area (TPSA) is 76.1 Å². The fourth-order valence-corrected chi connectivity index (χ4v) is 3.05. The van der Waals surface area contributed by atoms with Crippen molar-refractivity contribution < 1.29 is 24.2 Å². The van der Waals surface area contributed by atoms with Crippen LogP contribution in [0.25, 0.3) is 0 Å². The number of carbonyl (C=O) groups is 2. The molecule has 1 aliphatic heterocycles. The first-order valence-electron chi connectivity index (χ1n) is 7.60. The largest absolute Gasteiger partial charge is 0.497 e. The first kappa shape index (κ1) is 17.1. The van der Waals surface area contributed by atoms with Crippen molar-refractivity contribution in [1.82, 2.24) is 4.90 Å². The number of benzene rings is 1. The molecule has 1 aromatic rings. The van der Waals surface area contributed by atoms with E-state index >= 15 is 0 Å². The molecule has 1 saturated heterocycles. The van der Waals surface area contributed by atoms with Crippen molar-refractivity contribution >= 4 is 11.9 Å². The Balaban J connectivity index is 2.30. The summed E-state index contributed by atoms with van der Waals surface area (Å²) in [5.74, 6) is -0.121. The summed E-state index contributed by atoms with van der Waals surface area (Å²) in [4.78, 5) is 26.1. The third kappa shape index (κ3) is 2.98. The van der Waals surface area contributed by atoms with Crippen molar-refractivity contribution in [2.75, 3.05) is 27.3 Å². The van der Waals surface area contributed by atoms with Gasteiger partial charge in [-0.05, 0) is 30.5 Å². The fraction of sp³-hybridized carbons (Fsp3) is 0.529. The predicted molar refractivity (Wildman–Crippen MR) is 85.0 cm³/mol. The van der Waals surface area contributed by atoms with Crippen molar-refractivity contribution in [2.24, 2.45) is 11.3 Å². The average molecular weight is 321 g/mol. The molecule has 0 radical (unpaired) electrons. The molecule has 2 rings (SSSR count). The highest BCUT2D eigenvalue weighted by molar-refractivity contribution is 5.98. The van der Waals surface area contributed by atoms with Crippen molar-refractivity contribution in [2.45, 2.75) is 20.3 Å². The molecule has 126 valence electrons. The van der Waals surface area contributed by atoms with Gasteiger partial charge in [-0.3, -0.25) is 9.59 Å². The molecule has 1 atom stereocenters. The highest BCUT2D eigenvalue weighted by atomic mass is 16.5. The fourth-order valence-electron chi connectivity index (χ4n) is 3.05. The molecule has 1 N–H and O–H groups in total. The number of ether oxygens (including phenoxy) is 2. The lowest BCUT2D eigenvalue weighted by Crippen LogP contribution is -2.40. The van der Waals surface area contributed by atoms with Crippen molar-refractivity contribution in [3.8, 4) is 11.5 Å². The summed E-state index contributed by atoms with van der Waals surface area (Å²) in [5, 5.41) is 9.60. The molecule has 6 heteroatoms. The molecule has 1 heterocycles. The van der Waals surface area contributed by atoms with E-state index in [-0.39, 0.29) is 18.4 Å². The molecule has 0 spiro atoms.